The maximum absolute atomic E-state index is 12.0. The van der Waals surface area contributed by atoms with Crippen LogP contribution in [-0.4, -0.2) is 22.3 Å². The zero-order valence-electron chi connectivity index (χ0n) is 13.1. The lowest BCUT2D eigenvalue weighted by Gasteiger charge is -1.93. The lowest BCUT2D eigenvalue weighted by Crippen LogP contribution is -2.17. The van der Waals surface area contributed by atoms with Crippen molar-refractivity contribution in [2.24, 2.45) is 5.10 Å². The molecule has 0 fully saturated rings. The fourth-order valence-corrected chi connectivity index (χ4v) is 2.06. The summed E-state index contributed by atoms with van der Waals surface area (Å²) in [7, 11) is 0. The fourth-order valence-electron chi connectivity index (χ4n) is 2.06. The molecule has 0 spiro atoms. The molecular weight excluding hydrogens is 304 g/mol. The minimum Gasteiger partial charge on any atom is -0.460 e. The number of nitrogens with one attached hydrogen (secondary N) is 2. The van der Waals surface area contributed by atoms with Crippen LogP contribution in [0.4, 0.5) is 0 Å². The van der Waals surface area contributed by atoms with Crippen molar-refractivity contribution < 1.29 is 9.21 Å². The van der Waals surface area contributed by atoms with Crippen molar-refractivity contribution in [2.75, 3.05) is 0 Å². The Hall–Kier alpha value is -3.41. The summed E-state index contributed by atoms with van der Waals surface area (Å²) >= 11 is 0. The Morgan fingerprint density at radius 2 is 2.08 bits per heavy atom. The maximum atomic E-state index is 12.0. The van der Waals surface area contributed by atoms with Gasteiger partial charge in [0, 0.05) is 12.3 Å². The summed E-state index contributed by atoms with van der Waals surface area (Å²) in [6.45, 7) is 1.85. The quantitative estimate of drug-likeness (QED) is 0.558. The Balaban J connectivity index is 1.56. The third-order valence-corrected chi connectivity index (χ3v) is 3.23. The Kier molecular flexibility index (Phi) is 4.67. The number of amides is 1. The highest BCUT2D eigenvalue weighted by Crippen LogP contribution is 2.20. The number of carbonyl (C=O) groups is 1. The molecule has 0 aliphatic rings. The van der Waals surface area contributed by atoms with Gasteiger partial charge in [0.25, 0.3) is 5.91 Å². The monoisotopic (exact) mass is 320 g/mol. The molecule has 0 atom stereocenters. The molecule has 1 aromatic carbocycles. The number of furan rings is 1. The molecule has 0 saturated heterocycles. The summed E-state index contributed by atoms with van der Waals surface area (Å²) in [4.78, 5) is 12.0. The number of carbonyl (C=O) groups excluding carboxylic acids is 1. The number of allylic oxidation sites excluding steroid dienone is 1. The van der Waals surface area contributed by atoms with E-state index in [0.29, 0.717) is 11.5 Å². The molecule has 0 saturated carbocycles. The standard InChI is InChI=1S/C18H16N4O2/c1-13-9-10-17(24-13)15-12-16(21-20-15)18(23)22-19-11-5-8-14-6-3-2-4-7-14/h2-12H,1H3,(H,20,21)(H,22,23)/b8-5+,19-11+. The van der Waals surface area contributed by atoms with E-state index in [4.69, 9.17) is 4.42 Å². The van der Waals surface area contributed by atoms with Gasteiger partial charge in [0.1, 0.15) is 11.5 Å². The van der Waals surface area contributed by atoms with Gasteiger partial charge in [0.15, 0.2) is 11.5 Å². The first kappa shape index (κ1) is 15.5. The van der Waals surface area contributed by atoms with E-state index < -0.39 is 5.91 Å². The lowest BCUT2D eigenvalue weighted by molar-refractivity contribution is 0.0950. The molecule has 0 bridgehead atoms. The highest BCUT2D eigenvalue weighted by molar-refractivity contribution is 5.93. The number of aromatic amines is 1. The average Bonchev–Trinajstić information content (AvgIpc) is 3.24. The van der Waals surface area contributed by atoms with Crippen LogP contribution < -0.4 is 5.43 Å². The van der Waals surface area contributed by atoms with Crippen LogP contribution in [0.5, 0.6) is 0 Å². The van der Waals surface area contributed by atoms with Gasteiger partial charge in [-0.3, -0.25) is 9.89 Å². The van der Waals surface area contributed by atoms with Crippen LogP contribution in [0.2, 0.25) is 0 Å². The predicted molar refractivity (Wildman–Crippen MR) is 92.5 cm³/mol. The minimum atomic E-state index is -0.398. The second-order valence-electron chi connectivity index (χ2n) is 5.07. The summed E-state index contributed by atoms with van der Waals surface area (Å²) in [6.07, 6.45) is 5.15. The van der Waals surface area contributed by atoms with E-state index in [1.165, 1.54) is 6.21 Å². The molecule has 3 rings (SSSR count). The normalized spacial score (nSPS) is 11.4. The number of aryl methyl sites for hydroxylation is 1. The molecule has 120 valence electrons. The number of rotatable bonds is 5. The largest absolute Gasteiger partial charge is 0.460 e. The van der Waals surface area contributed by atoms with Crippen LogP contribution in [0, 0.1) is 6.92 Å². The molecule has 0 unspecified atom stereocenters. The first-order chi connectivity index (χ1) is 11.7. The summed E-state index contributed by atoms with van der Waals surface area (Å²) in [5.41, 5.74) is 4.36. The Morgan fingerprint density at radius 3 is 2.83 bits per heavy atom. The molecule has 0 aliphatic heterocycles. The van der Waals surface area contributed by atoms with Crippen molar-refractivity contribution in [3.63, 3.8) is 0 Å². The third kappa shape index (κ3) is 3.86. The zero-order valence-corrected chi connectivity index (χ0v) is 13.1. The number of H-pyrrole nitrogens is 1. The predicted octanol–water partition coefficient (Wildman–Crippen LogP) is 3.41. The first-order valence-corrected chi connectivity index (χ1v) is 7.40. The second kappa shape index (κ2) is 7.23. The van der Waals surface area contributed by atoms with Crippen LogP contribution in [0.3, 0.4) is 0 Å². The Bertz CT molecular complexity index is 875. The van der Waals surface area contributed by atoms with Crippen LogP contribution >= 0.6 is 0 Å². The van der Waals surface area contributed by atoms with Crippen molar-refractivity contribution in [1.29, 1.82) is 0 Å². The van der Waals surface area contributed by atoms with Gasteiger partial charge in [-0.15, -0.1) is 0 Å². The van der Waals surface area contributed by atoms with Crippen molar-refractivity contribution in [3.8, 4) is 11.5 Å². The Labute approximate surface area is 138 Å². The first-order valence-electron chi connectivity index (χ1n) is 7.40. The molecule has 24 heavy (non-hydrogen) atoms. The molecule has 6 heteroatoms. The number of hydrogen-bond acceptors (Lipinski definition) is 4. The fraction of sp³-hybridized carbons (Fsp3) is 0.0556. The molecule has 3 aromatic rings. The van der Waals surface area contributed by atoms with Gasteiger partial charge in [0.2, 0.25) is 0 Å². The van der Waals surface area contributed by atoms with Gasteiger partial charge < -0.3 is 4.42 Å². The van der Waals surface area contributed by atoms with E-state index in [0.717, 1.165) is 11.3 Å². The van der Waals surface area contributed by atoms with E-state index in [9.17, 15) is 4.79 Å². The number of benzene rings is 1. The number of nitrogens with zero attached hydrogens (tertiary/aromatic N) is 2. The van der Waals surface area contributed by atoms with Crippen LogP contribution in [0.1, 0.15) is 21.8 Å². The maximum Gasteiger partial charge on any atom is 0.291 e. The van der Waals surface area contributed by atoms with Crippen molar-refractivity contribution in [3.05, 3.63) is 71.6 Å². The van der Waals surface area contributed by atoms with Gasteiger partial charge in [0.05, 0.1) is 0 Å². The molecular formula is C18H16N4O2. The molecule has 0 aliphatic carbocycles. The SMILES string of the molecule is Cc1ccc(-c2cc(C(=O)N/N=C/C=C/c3ccccc3)n[nH]2)o1. The van der Waals surface area contributed by atoms with E-state index in [1.54, 1.807) is 12.1 Å². The van der Waals surface area contributed by atoms with E-state index in [-0.39, 0.29) is 5.69 Å². The molecule has 1 amide bonds. The Morgan fingerprint density at radius 1 is 1.25 bits per heavy atom. The molecule has 2 N–H and O–H groups in total. The minimum absolute atomic E-state index is 0.239. The molecule has 0 radical (unpaired) electrons. The summed E-state index contributed by atoms with van der Waals surface area (Å²) in [5, 5.41) is 10.6. The highest BCUT2D eigenvalue weighted by Gasteiger charge is 2.12. The summed E-state index contributed by atoms with van der Waals surface area (Å²) < 4.78 is 5.48. The average molecular weight is 320 g/mol. The number of hydrogen-bond donors (Lipinski definition) is 2. The number of aromatic nitrogens is 2. The highest BCUT2D eigenvalue weighted by atomic mass is 16.3. The van der Waals surface area contributed by atoms with Crippen LogP contribution in [-0.2, 0) is 0 Å². The van der Waals surface area contributed by atoms with Gasteiger partial charge >= 0.3 is 0 Å². The lowest BCUT2D eigenvalue weighted by atomic mass is 10.2. The van der Waals surface area contributed by atoms with Crippen LogP contribution in [0.25, 0.3) is 17.5 Å². The summed E-state index contributed by atoms with van der Waals surface area (Å²) in [5.74, 6) is 1.03. The zero-order chi connectivity index (χ0) is 16.8. The summed E-state index contributed by atoms with van der Waals surface area (Å²) in [6, 6.07) is 15.1. The van der Waals surface area contributed by atoms with E-state index in [1.807, 2.05) is 55.5 Å². The smallest absolute Gasteiger partial charge is 0.291 e. The van der Waals surface area contributed by atoms with E-state index >= 15 is 0 Å². The van der Waals surface area contributed by atoms with Gasteiger partial charge in [-0.05, 0) is 30.7 Å². The van der Waals surface area contributed by atoms with Crippen molar-refractivity contribution >= 4 is 18.2 Å². The topological polar surface area (TPSA) is 83.3 Å². The molecule has 2 aromatic heterocycles. The van der Waals surface area contributed by atoms with Crippen LogP contribution in [0.15, 0.2) is 64.1 Å². The third-order valence-electron chi connectivity index (χ3n) is 3.23. The van der Waals surface area contributed by atoms with Crippen molar-refractivity contribution in [1.82, 2.24) is 15.6 Å². The molecule has 6 nitrogen and oxygen atoms in total. The van der Waals surface area contributed by atoms with Gasteiger partial charge in [-0.25, -0.2) is 5.43 Å². The van der Waals surface area contributed by atoms with E-state index in [2.05, 4.69) is 20.7 Å². The van der Waals surface area contributed by atoms with Gasteiger partial charge in [-0.1, -0.05) is 36.4 Å². The molecule has 2 heterocycles. The second-order valence-corrected chi connectivity index (χ2v) is 5.07. The number of hydrazone groups is 1. The van der Waals surface area contributed by atoms with Crippen molar-refractivity contribution in [2.45, 2.75) is 6.92 Å². The van der Waals surface area contributed by atoms with Gasteiger partial charge in [-0.2, -0.15) is 10.2 Å².